The van der Waals surface area contributed by atoms with Crippen molar-refractivity contribution in [3.05, 3.63) is 48.0 Å². The van der Waals surface area contributed by atoms with Crippen molar-refractivity contribution >= 4 is 5.69 Å². The molecule has 0 aromatic heterocycles. The van der Waals surface area contributed by atoms with Gasteiger partial charge in [-0.1, -0.05) is 12.1 Å². The predicted octanol–water partition coefficient (Wildman–Crippen LogP) is 3.54. The quantitative estimate of drug-likeness (QED) is 0.760. The lowest BCUT2D eigenvalue weighted by Crippen LogP contribution is -2.15. The Labute approximate surface area is 125 Å². The van der Waals surface area contributed by atoms with Crippen LogP contribution in [0.2, 0.25) is 0 Å². The number of hydrogen-bond donors (Lipinski definition) is 3. The van der Waals surface area contributed by atoms with Crippen LogP contribution in [0.25, 0.3) is 0 Å². The number of phenols is 2. The summed E-state index contributed by atoms with van der Waals surface area (Å²) in [6.45, 7) is 2.10. The molecule has 0 saturated carbocycles. The van der Waals surface area contributed by atoms with Crippen molar-refractivity contribution < 1.29 is 14.9 Å². The molecule has 21 heavy (non-hydrogen) atoms. The minimum atomic E-state index is 0.133. The van der Waals surface area contributed by atoms with Crippen LogP contribution in [0.5, 0.6) is 17.2 Å². The van der Waals surface area contributed by atoms with E-state index in [4.69, 9.17) is 4.74 Å². The van der Waals surface area contributed by atoms with Crippen molar-refractivity contribution in [3.63, 3.8) is 0 Å². The molecule has 0 aliphatic carbocycles. The first-order valence-corrected chi connectivity index (χ1v) is 7.00. The zero-order chi connectivity index (χ0) is 15.2. The maximum Gasteiger partial charge on any atom is 0.160 e. The Morgan fingerprint density at radius 1 is 1.10 bits per heavy atom. The lowest BCUT2D eigenvalue weighted by atomic mass is 10.1. The van der Waals surface area contributed by atoms with Gasteiger partial charge in [0.05, 0.1) is 7.11 Å². The number of ether oxygens (including phenoxy) is 1. The molecule has 0 spiro atoms. The molecule has 3 N–H and O–H groups in total. The standard InChI is InChI=1S/C17H21NO3/c1-12(3-4-13-5-8-15(19)9-6-13)18-14-7-10-17(21-2)16(20)11-14/h5-12,18-20H,3-4H2,1-2H3. The topological polar surface area (TPSA) is 61.7 Å². The highest BCUT2D eigenvalue weighted by atomic mass is 16.5. The first-order valence-electron chi connectivity index (χ1n) is 7.00. The zero-order valence-electron chi connectivity index (χ0n) is 12.3. The number of methoxy groups -OCH3 is 1. The summed E-state index contributed by atoms with van der Waals surface area (Å²) in [5, 5.41) is 22.4. The Morgan fingerprint density at radius 3 is 2.43 bits per heavy atom. The lowest BCUT2D eigenvalue weighted by Gasteiger charge is -2.16. The number of nitrogens with one attached hydrogen (secondary N) is 1. The summed E-state index contributed by atoms with van der Waals surface area (Å²) >= 11 is 0. The highest BCUT2D eigenvalue weighted by Gasteiger charge is 2.06. The third kappa shape index (κ3) is 4.31. The van der Waals surface area contributed by atoms with Gasteiger partial charge in [0.15, 0.2) is 11.5 Å². The van der Waals surface area contributed by atoms with Crippen molar-refractivity contribution in [2.24, 2.45) is 0 Å². The molecule has 112 valence electrons. The Morgan fingerprint density at radius 2 is 1.81 bits per heavy atom. The highest BCUT2D eigenvalue weighted by Crippen LogP contribution is 2.29. The maximum atomic E-state index is 9.75. The second-order valence-electron chi connectivity index (χ2n) is 5.14. The summed E-state index contributed by atoms with van der Waals surface area (Å²) in [5.74, 6) is 0.893. The number of hydrogen-bond acceptors (Lipinski definition) is 4. The number of aryl methyl sites for hydroxylation is 1. The smallest absolute Gasteiger partial charge is 0.160 e. The number of aromatic hydroxyl groups is 2. The number of phenolic OH excluding ortho intramolecular Hbond substituents is 2. The summed E-state index contributed by atoms with van der Waals surface area (Å²) in [4.78, 5) is 0. The maximum absolute atomic E-state index is 9.75. The van der Waals surface area contributed by atoms with Gasteiger partial charge in [-0.05, 0) is 49.6 Å². The van der Waals surface area contributed by atoms with Crippen LogP contribution in [-0.4, -0.2) is 23.4 Å². The summed E-state index contributed by atoms with van der Waals surface area (Å²) < 4.78 is 5.02. The molecule has 0 saturated heterocycles. The molecule has 2 aromatic rings. The summed E-state index contributed by atoms with van der Waals surface area (Å²) in [6, 6.07) is 12.8. The third-order valence-corrected chi connectivity index (χ3v) is 3.39. The Balaban J connectivity index is 1.88. The average Bonchev–Trinajstić information content (AvgIpc) is 2.47. The van der Waals surface area contributed by atoms with Gasteiger partial charge in [-0.15, -0.1) is 0 Å². The van der Waals surface area contributed by atoms with E-state index in [2.05, 4.69) is 12.2 Å². The minimum absolute atomic E-state index is 0.133. The second-order valence-corrected chi connectivity index (χ2v) is 5.14. The molecule has 1 unspecified atom stereocenters. The number of rotatable bonds is 6. The average molecular weight is 287 g/mol. The fourth-order valence-electron chi connectivity index (χ4n) is 2.18. The van der Waals surface area contributed by atoms with Gasteiger partial charge < -0.3 is 20.3 Å². The van der Waals surface area contributed by atoms with E-state index in [0.717, 1.165) is 18.5 Å². The van der Waals surface area contributed by atoms with E-state index in [0.29, 0.717) is 11.5 Å². The molecule has 0 radical (unpaired) electrons. The van der Waals surface area contributed by atoms with Gasteiger partial charge in [0.1, 0.15) is 5.75 Å². The van der Waals surface area contributed by atoms with Crippen LogP contribution >= 0.6 is 0 Å². The van der Waals surface area contributed by atoms with Crippen LogP contribution in [0.15, 0.2) is 42.5 Å². The first-order chi connectivity index (χ1) is 10.1. The molecule has 0 amide bonds. The van der Waals surface area contributed by atoms with Gasteiger partial charge in [0, 0.05) is 17.8 Å². The van der Waals surface area contributed by atoms with Crippen LogP contribution in [-0.2, 0) is 6.42 Å². The number of anilines is 1. The summed E-state index contributed by atoms with van der Waals surface area (Å²) in [5.41, 5.74) is 2.06. The monoisotopic (exact) mass is 287 g/mol. The van der Waals surface area contributed by atoms with E-state index in [1.807, 2.05) is 18.2 Å². The van der Waals surface area contributed by atoms with Crippen molar-refractivity contribution in [2.75, 3.05) is 12.4 Å². The molecule has 0 fully saturated rings. The van der Waals surface area contributed by atoms with Gasteiger partial charge in [-0.25, -0.2) is 0 Å². The van der Waals surface area contributed by atoms with Crippen LogP contribution in [0.3, 0.4) is 0 Å². The lowest BCUT2D eigenvalue weighted by molar-refractivity contribution is 0.373. The van der Waals surface area contributed by atoms with Gasteiger partial charge in [0.2, 0.25) is 0 Å². The predicted molar refractivity (Wildman–Crippen MR) is 84.2 cm³/mol. The minimum Gasteiger partial charge on any atom is -0.508 e. The zero-order valence-corrected chi connectivity index (χ0v) is 12.3. The van der Waals surface area contributed by atoms with E-state index in [-0.39, 0.29) is 11.8 Å². The molecule has 0 aliphatic rings. The van der Waals surface area contributed by atoms with E-state index >= 15 is 0 Å². The van der Waals surface area contributed by atoms with Gasteiger partial charge in [0.25, 0.3) is 0 Å². The molecule has 1 atom stereocenters. The SMILES string of the molecule is COc1ccc(NC(C)CCc2ccc(O)cc2)cc1O. The van der Waals surface area contributed by atoms with Crippen LogP contribution in [0.1, 0.15) is 18.9 Å². The molecule has 0 aliphatic heterocycles. The molecule has 4 nitrogen and oxygen atoms in total. The first kappa shape index (κ1) is 15.0. The molecule has 0 heterocycles. The molecular weight excluding hydrogens is 266 g/mol. The molecule has 0 bridgehead atoms. The van der Waals surface area contributed by atoms with Crippen molar-refractivity contribution in [1.82, 2.24) is 0 Å². The Kier molecular flexibility index (Phi) is 4.93. The fourth-order valence-corrected chi connectivity index (χ4v) is 2.18. The molecular formula is C17H21NO3. The fraction of sp³-hybridized carbons (Fsp3) is 0.294. The summed E-state index contributed by atoms with van der Waals surface area (Å²) in [7, 11) is 1.53. The van der Waals surface area contributed by atoms with Crippen LogP contribution in [0, 0.1) is 0 Å². The van der Waals surface area contributed by atoms with Crippen molar-refractivity contribution in [1.29, 1.82) is 0 Å². The highest BCUT2D eigenvalue weighted by molar-refractivity contribution is 5.54. The Bertz CT molecular complexity index is 581. The van der Waals surface area contributed by atoms with Crippen molar-refractivity contribution in [2.45, 2.75) is 25.8 Å². The van der Waals surface area contributed by atoms with Gasteiger partial charge in [-0.3, -0.25) is 0 Å². The third-order valence-electron chi connectivity index (χ3n) is 3.39. The van der Waals surface area contributed by atoms with E-state index in [1.54, 1.807) is 24.3 Å². The second kappa shape index (κ2) is 6.88. The normalized spacial score (nSPS) is 11.9. The summed E-state index contributed by atoms with van der Waals surface area (Å²) in [6.07, 6.45) is 1.88. The van der Waals surface area contributed by atoms with Gasteiger partial charge >= 0.3 is 0 Å². The largest absolute Gasteiger partial charge is 0.508 e. The van der Waals surface area contributed by atoms with Gasteiger partial charge in [-0.2, -0.15) is 0 Å². The molecule has 2 rings (SSSR count). The Hall–Kier alpha value is -2.36. The van der Waals surface area contributed by atoms with E-state index in [9.17, 15) is 10.2 Å². The van der Waals surface area contributed by atoms with Crippen LogP contribution in [0.4, 0.5) is 5.69 Å². The molecule has 2 aromatic carbocycles. The van der Waals surface area contributed by atoms with E-state index < -0.39 is 0 Å². The number of benzene rings is 2. The van der Waals surface area contributed by atoms with Crippen LogP contribution < -0.4 is 10.1 Å². The van der Waals surface area contributed by atoms with E-state index in [1.165, 1.54) is 12.7 Å². The van der Waals surface area contributed by atoms with Crippen molar-refractivity contribution in [3.8, 4) is 17.2 Å². The molecule has 4 heteroatoms.